The van der Waals surface area contributed by atoms with E-state index >= 15 is 0 Å². The summed E-state index contributed by atoms with van der Waals surface area (Å²) in [5.41, 5.74) is 0.563. The minimum absolute atomic E-state index is 0.0571. The first-order valence-electron chi connectivity index (χ1n) is 5.28. The zero-order valence-electron chi connectivity index (χ0n) is 9.17. The smallest absolute Gasteiger partial charge is 0.315 e. The maximum Gasteiger partial charge on any atom is 0.315 e. The van der Waals surface area contributed by atoms with Crippen LogP contribution in [0.1, 0.15) is 5.56 Å². The average molecular weight is 228 g/mol. The molecule has 3 heteroatoms. The molecule has 1 N–H and O–H groups in total. The van der Waals surface area contributed by atoms with Gasteiger partial charge in [0.05, 0.1) is 6.42 Å². The quantitative estimate of drug-likeness (QED) is 0.648. The number of carbonyl (C=O) groups excluding carboxylic acids is 1. The van der Waals surface area contributed by atoms with Gasteiger partial charge in [-0.3, -0.25) is 4.79 Å². The number of phenolic OH excluding ortho intramolecular Hbond substituents is 1. The van der Waals surface area contributed by atoms with E-state index in [1.807, 2.05) is 6.07 Å². The van der Waals surface area contributed by atoms with E-state index in [4.69, 9.17) is 4.74 Å². The minimum Gasteiger partial charge on any atom is -0.508 e. The van der Waals surface area contributed by atoms with Crippen LogP contribution in [-0.4, -0.2) is 11.1 Å². The summed E-state index contributed by atoms with van der Waals surface area (Å²) in [6, 6.07) is 15.6. The molecule has 0 saturated carbocycles. The second kappa shape index (κ2) is 5.16. The number of hydrogen-bond donors (Lipinski definition) is 1. The Morgan fingerprint density at radius 2 is 1.65 bits per heavy atom. The number of rotatable bonds is 3. The first-order valence-corrected chi connectivity index (χ1v) is 5.28. The summed E-state index contributed by atoms with van der Waals surface area (Å²) in [5.74, 6) is 0.225. The van der Waals surface area contributed by atoms with Crippen molar-refractivity contribution in [2.75, 3.05) is 0 Å². The van der Waals surface area contributed by atoms with Crippen LogP contribution in [0.2, 0.25) is 0 Å². The molecule has 0 atom stereocenters. The van der Waals surface area contributed by atoms with E-state index in [2.05, 4.69) is 0 Å². The van der Waals surface area contributed by atoms with E-state index in [1.54, 1.807) is 48.5 Å². The van der Waals surface area contributed by atoms with Gasteiger partial charge in [0.15, 0.2) is 0 Å². The molecule has 0 aliphatic carbocycles. The molecule has 2 rings (SSSR count). The van der Waals surface area contributed by atoms with Crippen molar-refractivity contribution in [3.05, 3.63) is 60.2 Å². The maximum atomic E-state index is 11.6. The van der Waals surface area contributed by atoms with Gasteiger partial charge in [-0.05, 0) is 18.2 Å². The van der Waals surface area contributed by atoms with Crippen molar-refractivity contribution in [2.24, 2.45) is 0 Å². The number of carbonyl (C=O) groups is 1. The van der Waals surface area contributed by atoms with Crippen molar-refractivity contribution in [2.45, 2.75) is 6.42 Å². The Morgan fingerprint density at radius 1 is 1.00 bits per heavy atom. The van der Waals surface area contributed by atoms with Crippen molar-refractivity contribution < 1.29 is 14.6 Å². The largest absolute Gasteiger partial charge is 0.508 e. The van der Waals surface area contributed by atoms with Gasteiger partial charge in [0.2, 0.25) is 0 Å². The fraction of sp³-hybridized carbons (Fsp3) is 0.0714. The van der Waals surface area contributed by atoms with E-state index in [0.717, 1.165) is 0 Å². The molecule has 0 bridgehead atoms. The van der Waals surface area contributed by atoms with Crippen LogP contribution in [0.15, 0.2) is 54.6 Å². The molecular weight excluding hydrogens is 216 g/mol. The topological polar surface area (TPSA) is 46.5 Å². The maximum absolute atomic E-state index is 11.6. The number of benzene rings is 2. The van der Waals surface area contributed by atoms with E-state index < -0.39 is 5.97 Å². The highest BCUT2D eigenvalue weighted by Crippen LogP contribution is 2.17. The fourth-order valence-electron chi connectivity index (χ4n) is 1.47. The summed E-state index contributed by atoms with van der Waals surface area (Å²) in [6.07, 6.45) is 0.0571. The van der Waals surface area contributed by atoms with Gasteiger partial charge in [-0.25, -0.2) is 0 Å². The highest BCUT2D eigenvalue weighted by molar-refractivity contribution is 5.75. The van der Waals surface area contributed by atoms with Gasteiger partial charge >= 0.3 is 5.97 Å². The van der Waals surface area contributed by atoms with E-state index in [-0.39, 0.29) is 12.2 Å². The van der Waals surface area contributed by atoms with Gasteiger partial charge in [0, 0.05) is 5.56 Å². The first kappa shape index (κ1) is 11.2. The molecule has 2 aromatic rings. The Bertz CT molecular complexity index is 506. The van der Waals surface area contributed by atoms with Crippen LogP contribution < -0.4 is 4.74 Å². The zero-order chi connectivity index (χ0) is 12.1. The monoisotopic (exact) mass is 228 g/mol. The summed E-state index contributed by atoms with van der Waals surface area (Å²) in [4.78, 5) is 11.6. The summed E-state index contributed by atoms with van der Waals surface area (Å²) in [7, 11) is 0. The van der Waals surface area contributed by atoms with Crippen molar-refractivity contribution in [3.63, 3.8) is 0 Å². The lowest BCUT2D eigenvalue weighted by atomic mass is 10.1. The number of esters is 1. The summed E-state index contributed by atoms with van der Waals surface area (Å²) >= 11 is 0. The summed E-state index contributed by atoms with van der Waals surface area (Å²) in [6.45, 7) is 0. The van der Waals surface area contributed by atoms with E-state index in [0.29, 0.717) is 11.3 Å². The number of phenols is 1. The van der Waals surface area contributed by atoms with Crippen molar-refractivity contribution in [3.8, 4) is 11.5 Å². The van der Waals surface area contributed by atoms with Gasteiger partial charge in [-0.15, -0.1) is 0 Å². The number of ether oxygens (including phenoxy) is 1. The molecule has 0 aliphatic rings. The number of aromatic hydroxyl groups is 1. The SMILES string of the molecule is O=C(Cc1ccccc1O)Oc1ccccc1. The van der Waals surface area contributed by atoms with Crippen LogP contribution >= 0.6 is 0 Å². The lowest BCUT2D eigenvalue weighted by Crippen LogP contribution is -2.11. The standard InChI is InChI=1S/C14H12O3/c15-13-9-5-4-6-11(13)10-14(16)17-12-7-2-1-3-8-12/h1-9,15H,10H2. The molecule has 86 valence electrons. The molecule has 0 radical (unpaired) electrons. The van der Waals surface area contributed by atoms with Crippen LogP contribution in [0.25, 0.3) is 0 Å². The van der Waals surface area contributed by atoms with E-state index in [9.17, 15) is 9.90 Å². The molecule has 0 saturated heterocycles. The van der Waals surface area contributed by atoms with Gasteiger partial charge in [-0.1, -0.05) is 36.4 Å². The Labute approximate surface area is 99.3 Å². The molecule has 0 amide bonds. The van der Waals surface area contributed by atoms with Crippen LogP contribution in [-0.2, 0) is 11.2 Å². The average Bonchev–Trinajstić information content (AvgIpc) is 2.33. The highest BCUT2D eigenvalue weighted by atomic mass is 16.5. The third-order valence-electron chi connectivity index (χ3n) is 2.30. The second-order valence-corrected chi connectivity index (χ2v) is 3.59. The van der Waals surface area contributed by atoms with Crippen molar-refractivity contribution in [1.29, 1.82) is 0 Å². The summed E-state index contributed by atoms with van der Waals surface area (Å²) in [5, 5.41) is 9.52. The van der Waals surface area contributed by atoms with Crippen LogP contribution in [0, 0.1) is 0 Å². The fourth-order valence-corrected chi connectivity index (χ4v) is 1.47. The molecule has 0 aromatic heterocycles. The highest BCUT2D eigenvalue weighted by Gasteiger charge is 2.08. The number of para-hydroxylation sites is 2. The molecule has 0 unspecified atom stereocenters. The Kier molecular flexibility index (Phi) is 3.40. The molecule has 0 spiro atoms. The summed E-state index contributed by atoms with van der Waals surface area (Å²) < 4.78 is 5.12. The van der Waals surface area contributed by atoms with Crippen LogP contribution in [0.5, 0.6) is 11.5 Å². The third-order valence-corrected chi connectivity index (χ3v) is 2.30. The second-order valence-electron chi connectivity index (χ2n) is 3.59. The third kappa shape index (κ3) is 3.08. The number of hydrogen-bond acceptors (Lipinski definition) is 3. The Hall–Kier alpha value is -2.29. The first-order chi connectivity index (χ1) is 8.25. The lowest BCUT2D eigenvalue weighted by molar-refractivity contribution is -0.133. The van der Waals surface area contributed by atoms with Crippen LogP contribution in [0.3, 0.4) is 0 Å². The predicted molar refractivity (Wildman–Crippen MR) is 63.9 cm³/mol. The van der Waals surface area contributed by atoms with Crippen molar-refractivity contribution in [1.82, 2.24) is 0 Å². The Morgan fingerprint density at radius 3 is 2.35 bits per heavy atom. The molecule has 3 nitrogen and oxygen atoms in total. The molecule has 2 aromatic carbocycles. The van der Waals surface area contributed by atoms with Gasteiger partial charge in [-0.2, -0.15) is 0 Å². The molecule has 0 aliphatic heterocycles. The Balaban J connectivity index is 2.01. The van der Waals surface area contributed by atoms with Gasteiger partial charge < -0.3 is 9.84 Å². The molecular formula is C14H12O3. The van der Waals surface area contributed by atoms with E-state index in [1.165, 1.54) is 0 Å². The molecule has 0 heterocycles. The van der Waals surface area contributed by atoms with Crippen molar-refractivity contribution >= 4 is 5.97 Å². The van der Waals surface area contributed by atoms with Gasteiger partial charge in [0.1, 0.15) is 11.5 Å². The van der Waals surface area contributed by atoms with Crippen LogP contribution in [0.4, 0.5) is 0 Å². The van der Waals surface area contributed by atoms with Gasteiger partial charge in [0.25, 0.3) is 0 Å². The minimum atomic E-state index is -0.391. The predicted octanol–water partition coefficient (Wildman–Crippen LogP) is 2.54. The lowest BCUT2D eigenvalue weighted by Gasteiger charge is -2.05. The molecule has 0 fully saturated rings. The molecule has 17 heavy (non-hydrogen) atoms. The normalized spacial score (nSPS) is 9.88. The zero-order valence-corrected chi connectivity index (χ0v) is 9.17.